The summed E-state index contributed by atoms with van der Waals surface area (Å²) in [6.07, 6.45) is 1.78. The molecule has 23 heavy (non-hydrogen) atoms. The second-order valence-electron chi connectivity index (χ2n) is 5.68. The van der Waals surface area contributed by atoms with Gasteiger partial charge in [-0.2, -0.15) is 5.10 Å². The highest BCUT2D eigenvalue weighted by atomic mass is 16.5. The van der Waals surface area contributed by atoms with Crippen molar-refractivity contribution in [3.63, 3.8) is 0 Å². The van der Waals surface area contributed by atoms with Gasteiger partial charge in [-0.3, -0.25) is 4.79 Å². The molecule has 1 aromatic carbocycles. The predicted molar refractivity (Wildman–Crippen MR) is 89.0 cm³/mol. The number of aromatic nitrogens is 2. The molecule has 0 aliphatic rings. The summed E-state index contributed by atoms with van der Waals surface area (Å²) in [4.78, 5) is 24.1. The predicted octanol–water partition coefficient (Wildman–Crippen LogP) is 3.19. The Morgan fingerprint density at radius 2 is 1.83 bits per heavy atom. The fourth-order valence-corrected chi connectivity index (χ4v) is 2.25. The number of esters is 1. The first-order chi connectivity index (χ1) is 10.9. The van der Waals surface area contributed by atoms with E-state index in [2.05, 4.69) is 5.10 Å². The van der Waals surface area contributed by atoms with E-state index in [1.807, 2.05) is 39.8 Å². The van der Waals surface area contributed by atoms with Crippen molar-refractivity contribution in [3.05, 3.63) is 57.0 Å². The molecule has 1 aromatic heterocycles. The summed E-state index contributed by atoms with van der Waals surface area (Å²) in [5.74, 6) is 0.00940. The average molecular weight is 314 g/mol. The maximum Gasteiger partial charge on any atom is 0.364 e. The van der Waals surface area contributed by atoms with Crippen LogP contribution in [0.25, 0.3) is 0 Å². The number of rotatable bonds is 5. The smallest absolute Gasteiger partial charge is 0.364 e. The van der Waals surface area contributed by atoms with Gasteiger partial charge in [0.15, 0.2) is 5.69 Å². The van der Waals surface area contributed by atoms with E-state index in [4.69, 9.17) is 4.74 Å². The van der Waals surface area contributed by atoms with Crippen LogP contribution in [0.15, 0.2) is 29.1 Å². The Balaban J connectivity index is 2.28. The first kappa shape index (κ1) is 16.9. The lowest BCUT2D eigenvalue weighted by molar-refractivity contribution is 0.0723. The highest BCUT2D eigenvalue weighted by Gasteiger charge is 2.16. The van der Waals surface area contributed by atoms with Crippen LogP contribution in [-0.4, -0.2) is 15.7 Å². The Kier molecular flexibility index (Phi) is 5.32. The van der Waals surface area contributed by atoms with Crippen molar-refractivity contribution in [2.75, 3.05) is 0 Å². The van der Waals surface area contributed by atoms with E-state index < -0.39 is 5.97 Å². The van der Waals surface area contributed by atoms with Crippen molar-refractivity contribution in [1.29, 1.82) is 0 Å². The second kappa shape index (κ2) is 7.22. The molecule has 0 spiro atoms. The first-order valence-electron chi connectivity index (χ1n) is 7.81. The number of aryl methyl sites for hydroxylation is 3. The van der Waals surface area contributed by atoms with Crippen molar-refractivity contribution in [2.45, 2.75) is 47.1 Å². The Hall–Kier alpha value is -2.43. The standard InChI is InChI=1S/C18H22N2O3/c1-5-6-11-20-16(21)10-9-15(19-20)18(22)23-17-13(3)8-7-12(2)14(17)4/h7-10H,5-6,11H2,1-4H3. The van der Waals surface area contributed by atoms with Gasteiger partial charge in [-0.15, -0.1) is 0 Å². The SMILES string of the molecule is CCCCn1nc(C(=O)Oc2c(C)ccc(C)c2C)ccc1=O. The molecule has 0 fully saturated rings. The highest BCUT2D eigenvalue weighted by molar-refractivity contribution is 5.89. The molecule has 0 radical (unpaired) electrons. The molecule has 0 unspecified atom stereocenters. The minimum absolute atomic E-state index is 0.140. The summed E-state index contributed by atoms with van der Waals surface area (Å²) in [5, 5.41) is 4.12. The fraction of sp³-hybridized carbons (Fsp3) is 0.389. The molecule has 0 amide bonds. The van der Waals surface area contributed by atoms with Gasteiger partial charge in [-0.1, -0.05) is 25.5 Å². The summed E-state index contributed by atoms with van der Waals surface area (Å²) in [5.41, 5.74) is 2.80. The number of carbonyl (C=O) groups is 1. The Labute approximate surface area is 135 Å². The fourth-order valence-electron chi connectivity index (χ4n) is 2.25. The van der Waals surface area contributed by atoms with Crippen LogP contribution in [0.2, 0.25) is 0 Å². The maximum atomic E-state index is 12.4. The van der Waals surface area contributed by atoms with E-state index >= 15 is 0 Å². The van der Waals surface area contributed by atoms with E-state index in [-0.39, 0.29) is 11.3 Å². The molecule has 1 heterocycles. The van der Waals surface area contributed by atoms with Gasteiger partial charge in [0.2, 0.25) is 0 Å². The summed E-state index contributed by atoms with van der Waals surface area (Å²) >= 11 is 0. The van der Waals surface area contributed by atoms with Gasteiger partial charge in [0.1, 0.15) is 5.75 Å². The van der Waals surface area contributed by atoms with Crippen molar-refractivity contribution in [1.82, 2.24) is 9.78 Å². The molecule has 2 aromatic rings. The van der Waals surface area contributed by atoms with Gasteiger partial charge in [0.05, 0.1) is 0 Å². The van der Waals surface area contributed by atoms with Crippen molar-refractivity contribution >= 4 is 5.97 Å². The van der Waals surface area contributed by atoms with Gasteiger partial charge in [-0.25, -0.2) is 9.48 Å². The zero-order valence-corrected chi connectivity index (χ0v) is 14.0. The van der Waals surface area contributed by atoms with Gasteiger partial charge in [0.25, 0.3) is 5.56 Å². The molecule has 0 atom stereocenters. The first-order valence-corrected chi connectivity index (χ1v) is 7.81. The number of benzene rings is 1. The quantitative estimate of drug-likeness (QED) is 0.628. The van der Waals surface area contributed by atoms with Crippen molar-refractivity contribution in [3.8, 4) is 5.75 Å². The Morgan fingerprint density at radius 3 is 2.52 bits per heavy atom. The zero-order chi connectivity index (χ0) is 17.0. The number of carbonyl (C=O) groups excluding carboxylic acids is 1. The molecule has 5 heteroatoms. The average Bonchev–Trinajstić information content (AvgIpc) is 2.54. The van der Waals surface area contributed by atoms with Gasteiger partial charge in [-0.05, 0) is 49.9 Å². The molecular weight excluding hydrogens is 292 g/mol. The lowest BCUT2D eigenvalue weighted by Crippen LogP contribution is -2.25. The summed E-state index contributed by atoms with van der Waals surface area (Å²) in [7, 11) is 0. The van der Waals surface area contributed by atoms with Crippen LogP contribution in [-0.2, 0) is 6.54 Å². The molecule has 122 valence electrons. The largest absolute Gasteiger partial charge is 0.421 e. The van der Waals surface area contributed by atoms with Gasteiger partial charge >= 0.3 is 5.97 Å². The number of hydrogen-bond donors (Lipinski definition) is 0. The molecular formula is C18H22N2O3. The number of unbranched alkanes of at least 4 members (excludes halogenated alkanes) is 1. The molecule has 0 saturated carbocycles. The Bertz CT molecular complexity index is 778. The van der Waals surface area contributed by atoms with Crippen LogP contribution in [0, 0.1) is 20.8 Å². The molecule has 0 N–H and O–H groups in total. The normalized spacial score (nSPS) is 10.6. The van der Waals surface area contributed by atoms with E-state index in [1.54, 1.807) is 0 Å². The minimum Gasteiger partial charge on any atom is -0.421 e. The molecule has 0 aliphatic carbocycles. The van der Waals surface area contributed by atoms with E-state index in [0.717, 1.165) is 29.5 Å². The highest BCUT2D eigenvalue weighted by Crippen LogP contribution is 2.26. The van der Waals surface area contributed by atoms with Crippen LogP contribution in [0.3, 0.4) is 0 Å². The third-order valence-electron chi connectivity index (χ3n) is 3.87. The van der Waals surface area contributed by atoms with Gasteiger partial charge < -0.3 is 4.74 Å². The third-order valence-corrected chi connectivity index (χ3v) is 3.87. The lowest BCUT2D eigenvalue weighted by atomic mass is 10.1. The molecule has 0 bridgehead atoms. The third kappa shape index (κ3) is 3.86. The maximum absolute atomic E-state index is 12.4. The number of nitrogens with zero attached hydrogens (tertiary/aromatic N) is 2. The molecule has 0 saturated heterocycles. The molecule has 2 rings (SSSR count). The summed E-state index contributed by atoms with van der Waals surface area (Å²) < 4.78 is 6.84. The lowest BCUT2D eigenvalue weighted by Gasteiger charge is -2.12. The van der Waals surface area contributed by atoms with E-state index in [1.165, 1.54) is 16.8 Å². The van der Waals surface area contributed by atoms with Crippen LogP contribution < -0.4 is 10.3 Å². The topological polar surface area (TPSA) is 61.2 Å². The Morgan fingerprint density at radius 1 is 1.13 bits per heavy atom. The van der Waals surface area contributed by atoms with E-state index in [0.29, 0.717) is 12.3 Å². The van der Waals surface area contributed by atoms with Crippen molar-refractivity contribution in [2.24, 2.45) is 0 Å². The minimum atomic E-state index is -0.549. The summed E-state index contributed by atoms with van der Waals surface area (Å²) in [6, 6.07) is 6.68. The number of ether oxygens (including phenoxy) is 1. The monoisotopic (exact) mass is 314 g/mol. The zero-order valence-electron chi connectivity index (χ0n) is 14.0. The van der Waals surface area contributed by atoms with Crippen LogP contribution in [0.4, 0.5) is 0 Å². The van der Waals surface area contributed by atoms with E-state index in [9.17, 15) is 9.59 Å². The molecule has 5 nitrogen and oxygen atoms in total. The summed E-state index contributed by atoms with van der Waals surface area (Å²) in [6.45, 7) is 8.31. The second-order valence-corrected chi connectivity index (χ2v) is 5.68. The van der Waals surface area contributed by atoms with Crippen LogP contribution >= 0.6 is 0 Å². The van der Waals surface area contributed by atoms with Gasteiger partial charge in [0, 0.05) is 12.6 Å². The van der Waals surface area contributed by atoms with Crippen LogP contribution in [0.5, 0.6) is 5.75 Å². The van der Waals surface area contributed by atoms with Crippen LogP contribution in [0.1, 0.15) is 46.9 Å². The van der Waals surface area contributed by atoms with Crippen molar-refractivity contribution < 1.29 is 9.53 Å². The number of hydrogen-bond acceptors (Lipinski definition) is 4. The molecule has 0 aliphatic heterocycles.